The summed E-state index contributed by atoms with van der Waals surface area (Å²) < 4.78 is 46.2. The van der Waals surface area contributed by atoms with Crippen molar-refractivity contribution in [1.29, 1.82) is 0 Å². The zero-order valence-corrected chi connectivity index (χ0v) is 29.3. The van der Waals surface area contributed by atoms with Crippen LogP contribution in [0, 0.1) is 5.82 Å². The molecule has 49 heavy (non-hydrogen) atoms. The highest BCUT2D eigenvalue weighted by Crippen LogP contribution is 2.47. The van der Waals surface area contributed by atoms with Gasteiger partial charge < -0.3 is 19.9 Å². The molecule has 0 saturated carbocycles. The maximum absolute atomic E-state index is 13.9. The summed E-state index contributed by atoms with van der Waals surface area (Å²) in [5.41, 5.74) is 0.394. The number of nitrogens with one attached hydrogen (secondary N) is 2. The van der Waals surface area contributed by atoms with Crippen LogP contribution in [0.15, 0.2) is 54.7 Å². The Morgan fingerprint density at radius 2 is 1.78 bits per heavy atom. The average molecular weight is 723 g/mol. The molecule has 4 amide bonds. The minimum atomic E-state index is -3.56. The number of fused-ring (bicyclic) bond motifs is 1. The summed E-state index contributed by atoms with van der Waals surface area (Å²) in [6.45, 7) is 2.48. The van der Waals surface area contributed by atoms with Gasteiger partial charge in [0, 0.05) is 78.5 Å². The molecule has 17 heteroatoms. The number of carbonyl (C=O) groups is 3. The largest absolute Gasteiger partial charge is 0.474 e. The van der Waals surface area contributed by atoms with E-state index in [1.54, 1.807) is 23.2 Å². The first kappa shape index (κ1) is 38.0. The van der Waals surface area contributed by atoms with E-state index < -0.39 is 31.8 Å². The average Bonchev–Trinajstić information content (AvgIpc) is 3.11. The van der Waals surface area contributed by atoms with Gasteiger partial charge in [-0.3, -0.25) is 28.6 Å². The number of carbonyl (C=O) groups excluding carboxylic acids is 3. The lowest BCUT2D eigenvalue weighted by Gasteiger charge is -2.35. The van der Waals surface area contributed by atoms with Gasteiger partial charge in [0.15, 0.2) is 0 Å². The normalized spacial score (nSPS) is 14.3. The maximum Gasteiger partial charge on any atom is 0.474 e. The smallest absolute Gasteiger partial charge is 0.447 e. The van der Waals surface area contributed by atoms with Crippen LogP contribution >= 0.6 is 19.4 Å². The Hall–Kier alpha value is -3.85. The summed E-state index contributed by atoms with van der Waals surface area (Å²) in [4.78, 5) is 48.5. The van der Waals surface area contributed by atoms with E-state index in [1.807, 2.05) is 24.3 Å². The van der Waals surface area contributed by atoms with E-state index in [-0.39, 0.29) is 43.5 Å². The van der Waals surface area contributed by atoms with Gasteiger partial charge in [-0.1, -0.05) is 48.0 Å². The van der Waals surface area contributed by atoms with Crippen LogP contribution in [-0.2, 0) is 34.2 Å². The van der Waals surface area contributed by atoms with E-state index in [0.29, 0.717) is 44.1 Å². The van der Waals surface area contributed by atoms with Gasteiger partial charge >= 0.3 is 19.9 Å². The van der Waals surface area contributed by atoms with E-state index in [4.69, 9.17) is 29.9 Å². The Balaban J connectivity index is 1.32. The molecule has 1 atom stereocenters. The first-order chi connectivity index (χ1) is 23.5. The Morgan fingerprint density at radius 3 is 2.49 bits per heavy atom. The summed E-state index contributed by atoms with van der Waals surface area (Å²) in [6.07, 6.45) is 1.15. The van der Waals surface area contributed by atoms with Gasteiger partial charge in [0.05, 0.1) is 17.7 Å². The van der Waals surface area contributed by atoms with Gasteiger partial charge in [-0.25, -0.2) is 23.5 Å². The minimum absolute atomic E-state index is 0.0375. The third-order valence-electron chi connectivity index (χ3n) is 8.12. The van der Waals surface area contributed by atoms with Crippen molar-refractivity contribution in [2.24, 2.45) is 0 Å². The number of phosphoric ester groups is 1. The van der Waals surface area contributed by atoms with Crippen molar-refractivity contribution in [2.45, 2.75) is 25.4 Å². The molecule has 0 unspecified atom stereocenters. The number of ether oxygens (including phenoxy) is 1. The van der Waals surface area contributed by atoms with Crippen LogP contribution in [0.5, 0.6) is 0 Å². The SMILES string of the molecule is COP(=O)(OC)OCCN1CCN(C(=O)CC[C@@H](COC(=O)Nc2cc3ccccc3cn2)N(C)C(=O)NCc2cccc(F)c2Cl)CC1. The number of rotatable bonds is 15. The van der Waals surface area contributed by atoms with Crippen LogP contribution in [0.2, 0.25) is 5.02 Å². The molecular weight excluding hydrogens is 682 g/mol. The first-order valence-electron chi connectivity index (χ1n) is 15.6. The second-order valence-corrected chi connectivity index (χ2v) is 13.4. The van der Waals surface area contributed by atoms with Crippen LogP contribution < -0.4 is 10.6 Å². The predicted octanol–water partition coefficient (Wildman–Crippen LogP) is 5.13. The Labute approximate surface area is 289 Å². The van der Waals surface area contributed by atoms with E-state index in [2.05, 4.69) is 20.5 Å². The third-order valence-corrected chi connectivity index (χ3v) is 9.93. The van der Waals surface area contributed by atoms with E-state index in [1.165, 1.54) is 38.3 Å². The molecule has 1 aliphatic rings. The molecule has 0 aliphatic carbocycles. The highest BCUT2D eigenvalue weighted by molar-refractivity contribution is 7.48. The molecule has 0 radical (unpaired) electrons. The molecule has 3 aromatic rings. The van der Waals surface area contributed by atoms with E-state index in [9.17, 15) is 23.3 Å². The standard InChI is InChI=1S/C32H41ClFN6O8P/c1-38(31(42)36-21-25-9-6-10-27(34)30(25)33)26(22-47-32(43)37-28-19-23-7-4-5-8-24(23)20-35-28)11-12-29(41)40-15-13-39(14-16-40)17-18-48-49(44,45-2)46-3/h4-10,19-20,26H,11-18,21-22H2,1-3H3,(H,36,42)(H,35,37,43)/t26-/m0/s1. The quantitative estimate of drug-likeness (QED) is 0.202. The van der Waals surface area contributed by atoms with Crippen molar-refractivity contribution in [2.75, 3.05) is 72.5 Å². The summed E-state index contributed by atoms with van der Waals surface area (Å²) in [5.74, 6) is -0.421. The van der Waals surface area contributed by atoms with Crippen LogP contribution in [0.4, 0.5) is 19.8 Å². The third kappa shape index (κ3) is 11.1. The zero-order chi connectivity index (χ0) is 35.4. The van der Waals surface area contributed by atoms with Crippen molar-refractivity contribution < 1.29 is 41.6 Å². The lowest BCUT2D eigenvalue weighted by Crippen LogP contribution is -2.50. The molecule has 1 aliphatic heterocycles. The maximum atomic E-state index is 13.9. The highest BCUT2D eigenvalue weighted by Gasteiger charge is 2.27. The molecule has 2 N–H and O–H groups in total. The number of halogens is 2. The van der Waals surface area contributed by atoms with Crippen molar-refractivity contribution >= 4 is 54.0 Å². The van der Waals surface area contributed by atoms with Gasteiger partial charge in [0.1, 0.15) is 18.2 Å². The van der Waals surface area contributed by atoms with Crippen molar-refractivity contribution in [3.63, 3.8) is 0 Å². The number of phosphoric acid groups is 1. The number of urea groups is 1. The molecular formula is C32H41ClFN6O8P. The van der Waals surface area contributed by atoms with Crippen LogP contribution in [0.25, 0.3) is 10.8 Å². The number of amides is 4. The first-order valence-corrected chi connectivity index (χ1v) is 17.4. The lowest BCUT2D eigenvalue weighted by molar-refractivity contribution is -0.133. The summed E-state index contributed by atoms with van der Waals surface area (Å²) in [5, 5.41) is 7.02. The monoisotopic (exact) mass is 722 g/mol. The Bertz CT molecular complexity index is 1640. The fourth-order valence-corrected chi connectivity index (χ4v) is 5.99. The van der Waals surface area contributed by atoms with Gasteiger partial charge in [-0.05, 0) is 29.5 Å². The van der Waals surface area contributed by atoms with Crippen molar-refractivity contribution in [3.8, 4) is 0 Å². The molecule has 1 saturated heterocycles. The molecule has 4 rings (SSSR count). The van der Waals surface area contributed by atoms with Gasteiger partial charge in [0.25, 0.3) is 0 Å². The molecule has 266 valence electrons. The van der Waals surface area contributed by atoms with Crippen molar-refractivity contribution in [1.82, 2.24) is 25.0 Å². The molecule has 0 bridgehead atoms. The topological polar surface area (TPSA) is 152 Å². The number of aromatic nitrogens is 1. The lowest BCUT2D eigenvalue weighted by atomic mass is 10.1. The number of anilines is 1. The fourth-order valence-electron chi connectivity index (χ4n) is 5.13. The number of likely N-dealkylation sites (N-methyl/N-ethyl adjacent to an activating group) is 1. The summed E-state index contributed by atoms with van der Waals surface area (Å²) >= 11 is 6.04. The van der Waals surface area contributed by atoms with Crippen LogP contribution in [-0.4, -0.2) is 111 Å². The molecule has 2 heterocycles. The molecule has 0 spiro atoms. The van der Waals surface area contributed by atoms with Gasteiger partial charge in [0.2, 0.25) is 5.91 Å². The summed E-state index contributed by atoms with van der Waals surface area (Å²) in [7, 11) is 0.461. The molecule has 14 nitrogen and oxygen atoms in total. The Kier molecular flexibility index (Phi) is 14.1. The number of nitrogens with zero attached hydrogens (tertiary/aromatic N) is 4. The minimum Gasteiger partial charge on any atom is -0.447 e. The molecule has 2 aromatic carbocycles. The number of hydrogen-bond donors (Lipinski definition) is 2. The van der Waals surface area contributed by atoms with Gasteiger partial charge in [-0.15, -0.1) is 0 Å². The predicted molar refractivity (Wildman–Crippen MR) is 182 cm³/mol. The number of hydrogen-bond acceptors (Lipinski definition) is 10. The van der Waals surface area contributed by atoms with E-state index in [0.717, 1.165) is 10.8 Å². The van der Waals surface area contributed by atoms with E-state index >= 15 is 0 Å². The molecule has 1 fully saturated rings. The highest BCUT2D eigenvalue weighted by atomic mass is 35.5. The second kappa shape index (κ2) is 18.2. The Morgan fingerprint density at radius 1 is 1.06 bits per heavy atom. The summed E-state index contributed by atoms with van der Waals surface area (Å²) in [6, 6.07) is 12.4. The molecule has 1 aromatic heterocycles. The second-order valence-electron chi connectivity index (χ2n) is 11.2. The number of pyridine rings is 1. The zero-order valence-electron chi connectivity index (χ0n) is 27.6. The van der Waals surface area contributed by atoms with Crippen molar-refractivity contribution in [3.05, 3.63) is 71.1 Å². The van der Waals surface area contributed by atoms with Crippen LogP contribution in [0.3, 0.4) is 0 Å². The fraction of sp³-hybridized carbons (Fsp3) is 0.438. The number of benzene rings is 2. The van der Waals surface area contributed by atoms with Gasteiger partial charge in [-0.2, -0.15) is 0 Å². The number of piperazine rings is 1. The van der Waals surface area contributed by atoms with Crippen LogP contribution in [0.1, 0.15) is 18.4 Å².